The molecule has 3 heterocycles. The minimum atomic E-state index is -0.472. The average Bonchev–Trinajstić information content (AvgIpc) is 3.60. The number of rotatable bonds is 8. The fourth-order valence-corrected chi connectivity index (χ4v) is 5.82. The van der Waals surface area contributed by atoms with Crippen LogP contribution in [0, 0.1) is 11.8 Å². The molecular weight excluding hydrogens is 538 g/mol. The van der Waals surface area contributed by atoms with Gasteiger partial charge in [0.15, 0.2) is 0 Å². The van der Waals surface area contributed by atoms with E-state index in [0.717, 1.165) is 48.4 Å². The van der Waals surface area contributed by atoms with E-state index >= 15 is 0 Å². The summed E-state index contributed by atoms with van der Waals surface area (Å²) >= 11 is 0. The van der Waals surface area contributed by atoms with Gasteiger partial charge in [0.2, 0.25) is 11.8 Å². The Hall–Kier alpha value is -4.52. The summed E-state index contributed by atoms with van der Waals surface area (Å²) in [6.07, 6.45) is -0.201. The lowest BCUT2D eigenvalue weighted by molar-refractivity contribution is 0.0282. The maximum absolute atomic E-state index is 12.6. The highest BCUT2D eigenvalue weighted by atomic mass is 16.6. The normalized spacial score (nSPS) is 17.9. The third-order valence-corrected chi connectivity index (χ3v) is 7.96. The molecule has 2 aliphatic rings. The number of hydrogen-bond acceptors (Lipinski definition) is 6. The van der Waals surface area contributed by atoms with E-state index in [1.165, 1.54) is 5.69 Å². The third-order valence-electron chi connectivity index (χ3n) is 7.96. The summed E-state index contributed by atoms with van der Waals surface area (Å²) in [5.41, 5.74) is 4.82. The molecule has 1 amide bonds. The van der Waals surface area contributed by atoms with E-state index in [-0.39, 0.29) is 6.09 Å². The molecule has 1 aromatic heterocycles. The number of carbonyl (C=O) groups excluding carboxylic acids is 1. The van der Waals surface area contributed by atoms with Crippen LogP contribution in [-0.4, -0.2) is 47.8 Å². The van der Waals surface area contributed by atoms with Gasteiger partial charge in [-0.3, -0.25) is 0 Å². The fraction of sp³-hybridized carbons (Fsp3) is 0.333. The van der Waals surface area contributed by atoms with Gasteiger partial charge in [0.25, 0.3) is 0 Å². The van der Waals surface area contributed by atoms with Crippen molar-refractivity contribution in [2.24, 2.45) is 11.8 Å². The molecule has 0 bridgehead atoms. The maximum atomic E-state index is 12.6. The summed E-state index contributed by atoms with van der Waals surface area (Å²) < 4.78 is 17.9. The number of amides is 1. The molecule has 0 N–H and O–H groups in total. The number of fused-ring (bicyclic) bond motifs is 1. The predicted octanol–water partition coefficient (Wildman–Crippen LogP) is 7.21. The molecule has 0 saturated carbocycles. The van der Waals surface area contributed by atoms with Crippen molar-refractivity contribution in [1.82, 2.24) is 9.88 Å². The van der Waals surface area contributed by atoms with Gasteiger partial charge in [-0.2, -0.15) is 4.98 Å². The van der Waals surface area contributed by atoms with Crippen LogP contribution >= 0.6 is 0 Å². The minimum absolute atomic E-state index is 0.201. The number of anilines is 1. The SMILES string of the molecule is CC(C)(C)OC(=O)N1C[C@@H]2CN(c3ccc(-c4ccc(OCc5ccccc5)nc4OCc4ccccc4)cc3)C[C@H]2C1. The number of benzene rings is 3. The molecule has 0 radical (unpaired) electrons. The van der Waals surface area contributed by atoms with Crippen molar-refractivity contribution >= 4 is 11.8 Å². The summed E-state index contributed by atoms with van der Waals surface area (Å²) in [5, 5.41) is 0. The van der Waals surface area contributed by atoms with Crippen molar-refractivity contribution < 1.29 is 19.0 Å². The zero-order chi connectivity index (χ0) is 29.8. The summed E-state index contributed by atoms with van der Waals surface area (Å²) in [6.45, 7) is 9.96. The van der Waals surface area contributed by atoms with Crippen LogP contribution in [-0.2, 0) is 18.0 Å². The zero-order valence-electron chi connectivity index (χ0n) is 25.1. The number of hydrogen-bond donors (Lipinski definition) is 0. The van der Waals surface area contributed by atoms with Gasteiger partial charge in [-0.1, -0.05) is 72.8 Å². The summed E-state index contributed by atoms with van der Waals surface area (Å²) in [6, 6.07) is 32.7. The van der Waals surface area contributed by atoms with Gasteiger partial charge in [-0.05, 0) is 55.7 Å². The number of pyridine rings is 1. The number of nitrogens with zero attached hydrogens (tertiary/aromatic N) is 3. The molecule has 4 aromatic rings. The zero-order valence-corrected chi connectivity index (χ0v) is 25.1. The second kappa shape index (κ2) is 12.4. The van der Waals surface area contributed by atoms with Gasteiger partial charge in [-0.25, -0.2) is 4.79 Å². The third kappa shape index (κ3) is 7.11. The highest BCUT2D eigenvalue weighted by molar-refractivity contribution is 5.71. The van der Waals surface area contributed by atoms with Crippen molar-refractivity contribution in [2.45, 2.75) is 39.6 Å². The van der Waals surface area contributed by atoms with Crippen LogP contribution in [0.5, 0.6) is 11.8 Å². The summed E-state index contributed by atoms with van der Waals surface area (Å²) in [7, 11) is 0. The first-order valence-electron chi connectivity index (χ1n) is 15.0. The first-order valence-corrected chi connectivity index (χ1v) is 15.0. The average molecular weight is 578 g/mol. The van der Waals surface area contributed by atoms with Gasteiger partial charge in [0.1, 0.15) is 18.8 Å². The Morgan fingerprint density at radius 1 is 0.744 bits per heavy atom. The molecule has 43 heavy (non-hydrogen) atoms. The Bertz CT molecular complexity index is 1510. The van der Waals surface area contributed by atoms with Gasteiger partial charge in [0, 0.05) is 55.3 Å². The second-order valence-electron chi connectivity index (χ2n) is 12.4. The quantitative estimate of drug-likeness (QED) is 0.221. The molecule has 222 valence electrons. The van der Waals surface area contributed by atoms with Crippen LogP contribution in [0.3, 0.4) is 0 Å². The van der Waals surface area contributed by atoms with Crippen molar-refractivity contribution in [3.05, 3.63) is 108 Å². The van der Waals surface area contributed by atoms with Crippen molar-refractivity contribution in [3.63, 3.8) is 0 Å². The lowest BCUT2D eigenvalue weighted by Gasteiger charge is -2.26. The molecule has 2 aliphatic heterocycles. The van der Waals surface area contributed by atoms with E-state index in [4.69, 9.17) is 19.2 Å². The number of likely N-dealkylation sites (tertiary alicyclic amines) is 1. The molecule has 0 unspecified atom stereocenters. The molecule has 2 saturated heterocycles. The van der Waals surface area contributed by atoms with Crippen molar-refractivity contribution in [1.29, 1.82) is 0 Å². The van der Waals surface area contributed by atoms with E-state index in [9.17, 15) is 4.79 Å². The van der Waals surface area contributed by atoms with Gasteiger partial charge in [0.05, 0.1) is 0 Å². The number of carbonyl (C=O) groups is 1. The smallest absolute Gasteiger partial charge is 0.410 e. The standard InChI is InChI=1S/C36H39N3O4/c1-36(2,3)43-35(40)39-22-29-20-38(21-30(29)23-39)31-16-14-28(15-17-31)32-18-19-33(41-24-26-10-6-4-7-11-26)37-34(32)42-25-27-12-8-5-9-13-27/h4-19,29-30H,20-25H2,1-3H3/t29-,30-/m0/s1. The lowest BCUT2D eigenvalue weighted by Crippen LogP contribution is -2.37. The van der Waals surface area contributed by atoms with Gasteiger partial charge < -0.3 is 24.0 Å². The van der Waals surface area contributed by atoms with Crippen LogP contribution < -0.4 is 14.4 Å². The largest absolute Gasteiger partial charge is 0.473 e. The van der Waals surface area contributed by atoms with E-state index in [2.05, 4.69) is 29.2 Å². The molecule has 0 aliphatic carbocycles. The van der Waals surface area contributed by atoms with Crippen molar-refractivity contribution in [2.75, 3.05) is 31.1 Å². The lowest BCUT2D eigenvalue weighted by atomic mass is 10.0. The van der Waals surface area contributed by atoms with Gasteiger partial charge >= 0.3 is 6.09 Å². The Balaban J connectivity index is 1.14. The van der Waals surface area contributed by atoms with Crippen LogP contribution in [0.15, 0.2) is 97.1 Å². The maximum Gasteiger partial charge on any atom is 0.410 e. The van der Waals surface area contributed by atoms with Gasteiger partial charge in [-0.15, -0.1) is 0 Å². The Labute approximate surface area is 254 Å². The van der Waals surface area contributed by atoms with E-state index in [1.807, 2.05) is 98.5 Å². The van der Waals surface area contributed by atoms with Crippen molar-refractivity contribution in [3.8, 4) is 22.9 Å². The van der Waals surface area contributed by atoms with Crippen LogP contribution in [0.4, 0.5) is 10.5 Å². The molecule has 6 rings (SSSR count). The molecule has 2 fully saturated rings. The fourth-order valence-electron chi connectivity index (χ4n) is 5.82. The topological polar surface area (TPSA) is 64.1 Å². The highest BCUT2D eigenvalue weighted by Gasteiger charge is 2.42. The van der Waals surface area contributed by atoms with E-state index < -0.39 is 5.60 Å². The van der Waals surface area contributed by atoms with Crippen LogP contribution in [0.25, 0.3) is 11.1 Å². The van der Waals surface area contributed by atoms with E-state index in [0.29, 0.717) is 36.8 Å². The molecule has 0 spiro atoms. The molecule has 7 heteroatoms. The van der Waals surface area contributed by atoms with Crippen LogP contribution in [0.2, 0.25) is 0 Å². The monoisotopic (exact) mass is 577 g/mol. The Morgan fingerprint density at radius 2 is 1.33 bits per heavy atom. The number of ether oxygens (including phenoxy) is 3. The molecular formula is C36H39N3O4. The van der Waals surface area contributed by atoms with Crippen LogP contribution in [0.1, 0.15) is 31.9 Å². The summed E-state index contributed by atoms with van der Waals surface area (Å²) in [5.74, 6) is 1.98. The molecule has 3 aromatic carbocycles. The van der Waals surface area contributed by atoms with E-state index in [1.54, 1.807) is 0 Å². The second-order valence-corrected chi connectivity index (χ2v) is 12.4. The Kier molecular flexibility index (Phi) is 8.23. The molecule has 2 atom stereocenters. The predicted molar refractivity (Wildman–Crippen MR) is 168 cm³/mol. The highest BCUT2D eigenvalue weighted by Crippen LogP contribution is 2.37. The first-order chi connectivity index (χ1) is 20.8. The first kappa shape index (κ1) is 28.6. The molecule has 7 nitrogen and oxygen atoms in total. The Morgan fingerprint density at radius 3 is 1.91 bits per heavy atom. The summed E-state index contributed by atoms with van der Waals surface area (Å²) in [4.78, 5) is 21.6. The number of aromatic nitrogens is 1. The minimum Gasteiger partial charge on any atom is -0.473 e.